The minimum atomic E-state index is 0.643. The van der Waals surface area contributed by atoms with Gasteiger partial charge >= 0.3 is 0 Å². The minimum Gasteiger partial charge on any atom is -0.311 e. The summed E-state index contributed by atoms with van der Waals surface area (Å²) in [6.45, 7) is 8.18. The lowest BCUT2D eigenvalue weighted by Crippen LogP contribution is -2.55. The third kappa shape index (κ3) is 3.82. The molecule has 1 N–H and O–H groups in total. The fourth-order valence-corrected chi connectivity index (χ4v) is 2.84. The molecular formula is C16H26N2. The van der Waals surface area contributed by atoms with Gasteiger partial charge in [-0.1, -0.05) is 37.3 Å². The highest BCUT2D eigenvalue weighted by atomic mass is 15.2. The van der Waals surface area contributed by atoms with Gasteiger partial charge in [0.1, 0.15) is 0 Å². The number of aryl methyl sites for hydroxylation is 1. The van der Waals surface area contributed by atoms with E-state index in [1.165, 1.54) is 37.9 Å². The highest BCUT2D eigenvalue weighted by Crippen LogP contribution is 2.12. The molecule has 1 aromatic carbocycles. The maximum atomic E-state index is 3.58. The lowest BCUT2D eigenvalue weighted by atomic mass is 10.1. The topological polar surface area (TPSA) is 15.3 Å². The molecule has 0 amide bonds. The Kier molecular flexibility index (Phi) is 5.21. The van der Waals surface area contributed by atoms with Crippen molar-refractivity contribution in [1.82, 2.24) is 10.2 Å². The van der Waals surface area contributed by atoms with Gasteiger partial charge in [-0.25, -0.2) is 0 Å². The normalized spacial score (nSPS) is 25.2. The van der Waals surface area contributed by atoms with Crippen LogP contribution in [-0.2, 0) is 6.42 Å². The van der Waals surface area contributed by atoms with Crippen LogP contribution in [0.2, 0.25) is 0 Å². The molecule has 1 saturated heterocycles. The zero-order valence-corrected chi connectivity index (χ0v) is 11.7. The SMILES string of the molecule is CCC1CNC(C)CN1CCCc1ccccc1. The molecule has 100 valence electrons. The predicted molar refractivity (Wildman–Crippen MR) is 77.9 cm³/mol. The van der Waals surface area contributed by atoms with Crippen LogP contribution in [0.15, 0.2) is 30.3 Å². The molecule has 18 heavy (non-hydrogen) atoms. The molecule has 1 fully saturated rings. The highest BCUT2D eigenvalue weighted by Gasteiger charge is 2.23. The molecule has 2 heteroatoms. The zero-order chi connectivity index (χ0) is 12.8. The fourth-order valence-electron chi connectivity index (χ4n) is 2.84. The number of rotatable bonds is 5. The molecule has 1 heterocycles. The summed E-state index contributed by atoms with van der Waals surface area (Å²) in [5, 5.41) is 3.58. The first kappa shape index (κ1) is 13.6. The molecule has 2 atom stereocenters. The average molecular weight is 246 g/mol. The molecular weight excluding hydrogens is 220 g/mol. The molecule has 2 rings (SSSR count). The van der Waals surface area contributed by atoms with Crippen molar-refractivity contribution in [2.45, 2.75) is 45.2 Å². The van der Waals surface area contributed by atoms with Crippen molar-refractivity contribution in [2.75, 3.05) is 19.6 Å². The first-order valence-corrected chi connectivity index (χ1v) is 7.31. The smallest absolute Gasteiger partial charge is 0.0218 e. The van der Waals surface area contributed by atoms with Crippen LogP contribution in [0.3, 0.4) is 0 Å². The number of piperazine rings is 1. The van der Waals surface area contributed by atoms with Crippen LogP contribution in [0.4, 0.5) is 0 Å². The molecule has 0 spiro atoms. The Hall–Kier alpha value is -0.860. The van der Waals surface area contributed by atoms with E-state index in [9.17, 15) is 0 Å². The van der Waals surface area contributed by atoms with Crippen molar-refractivity contribution in [3.63, 3.8) is 0 Å². The monoisotopic (exact) mass is 246 g/mol. The third-order valence-electron chi connectivity index (χ3n) is 3.95. The molecule has 0 saturated carbocycles. The van der Waals surface area contributed by atoms with E-state index >= 15 is 0 Å². The maximum absolute atomic E-state index is 3.58. The number of hydrogen-bond donors (Lipinski definition) is 1. The lowest BCUT2D eigenvalue weighted by Gasteiger charge is -2.39. The van der Waals surface area contributed by atoms with Gasteiger partial charge in [0.05, 0.1) is 0 Å². The Labute approximate surface area is 111 Å². The highest BCUT2D eigenvalue weighted by molar-refractivity contribution is 5.14. The van der Waals surface area contributed by atoms with Gasteiger partial charge in [-0.05, 0) is 38.3 Å². The Bertz CT molecular complexity index is 336. The Morgan fingerprint density at radius 1 is 1.28 bits per heavy atom. The predicted octanol–water partition coefficient (Wildman–Crippen LogP) is 2.69. The van der Waals surface area contributed by atoms with E-state index in [4.69, 9.17) is 0 Å². The van der Waals surface area contributed by atoms with Crippen molar-refractivity contribution in [2.24, 2.45) is 0 Å². The summed E-state index contributed by atoms with van der Waals surface area (Å²) in [4.78, 5) is 2.67. The van der Waals surface area contributed by atoms with Crippen LogP contribution in [0.25, 0.3) is 0 Å². The number of nitrogens with zero attached hydrogens (tertiary/aromatic N) is 1. The van der Waals surface area contributed by atoms with Gasteiger partial charge in [-0.15, -0.1) is 0 Å². The molecule has 0 aromatic heterocycles. The second-order valence-electron chi connectivity index (χ2n) is 5.46. The molecule has 1 aromatic rings. The van der Waals surface area contributed by atoms with E-state index in [0.717, 1.165) is 12.6 Å². The first-order valence-electron chi connectivity index (χ1n) is 7.31. The summed E-state index contributed by atoms with van der Waals surface area (Å²) in [7, 11) is 0. The molecule has 1 aliphatic heterocycles. The average Bonchev–Trinajstić information content (AvgIpc) is 2.40. The van der Waals surface area contributed by atoms with Crippen molar-refractivity contribution in [3.05, 3.63) is 35.9 Å². The summed E-state index contributed by atoms with van der Waals surface area (Å²) in [6.07, 6.45) is 3.73. The molecule has 0 aliphatic carbocycles. The summed E-state index contributed by atoms with van der Waals surface area (Å²) in [5.74, 6) is 0. The van der Waals surface area contributed by atoms with Crippen LogP contribution in [0.1, 0.15) is 32.3 Å². The summed E-state index contributed by atoms with van der Waals surface area (Å²) >= 11 is 0. The molecule has 2 nitrogen and oxygen atoms in total. The Morgan fingerprint density at radius 3 is 2.78 bits per heavy atom. The molecule has 0 radical (unpaired) electrons. The van der Waals surface area contributed by atoms with Crippen LogP contribution in [-0.4, -0.2) is 36.6 Å². The second kappa shape index (κ2) is 6.91. The Morgan fingerprint density at radius 2 is 2.06 bits per heavy atom. The quantitative estimate of drug-likeness (QED) is 0.859. The molecule has 1 aliphatic rings. The van der Waals surface area contributed by atoms with E-state index in [2.05, 4.69) is 54.4 Å². The maximum Gasteiger partial charge on any atom is 0.0218 e. The zero-order valence-electron chi connectivity index (χ0n) is 11.7. The third-order valence-corrected chi connectivity index (χ3v) is 3.95. The fraction of sp³-hybridized carbons (Fsp3) is 0.625. The van der Waals surface area contributed by atoms with Crippen LogP contribution < -0.4 is 5.32 Å². The summed E-state index contributed by atoms with van der Waals surface area (Å²) in [5.41, 5.74) is 1.47. The van der Waals surface area contributed by atoms with Gasteiger partial charge in [-0.2, -0.15) is 0 Å². The van der Waals surface area contributed by atoms with Gasteiger partial charge in [-0.3, -0.25) is 4.90 Å². The van der Waals surface area contributed by atoms with Gasteiger partial charge in [0, 0.05) is 25.2 Å². The summed E-state index contributed by atoms with van der Waals surface area (Å²) < 4.78 is 0. The van der Waals surface area contributed by atoms with Gasteiger partial charge in [0.25, 0.3) is 0 Å². The minimum absolute atomic E-state index is 0.643. The lowest BCUT2D eigenvalue weighted by molar-refractivity contribution is 0.130. The van der Waals surface area contributed by atoms with Crippen molar-refractivity contribution < 1.29 is 0 Å². The van der Waals surface area contributed by atoms with Gasteiger partial charge in [0.2, 0.25) is 0 Å². The molecule has 2 unspecified atom stereocenters. The summed E-state index contributed by atoms with van der Waals surface area (Å²) in [6, 6.07) is 12.2. The first-order chi connectivity index (χ1) is 8.79. The van der Waals surface area contributed by atoms with E-state index in [-0.39, 0.29) is 0 Å². The number of nitrogens with one attached hydrogen (secondary N) is 1. The largest absolute Gasteiger partial charge is 0.311 e. The van der Waals surface area contributed by atoms with Crippen molar-refractivity contribution in [3.8, 4) is 0 Å². The standard InChI is InChI=1S/C16H26N2/c1-3-16-12-17-14(2)13-18(16)11-7-10-15-8-5-4-6-9-15/h4-6,8-9,14,16-17H,3,7,10-13H2,1-2H3. The van der Waals surface area contributed by atoms with E-state index in [1.54, 1.807) is 0 Å². The van der Waals surface area contributed by atoms with Crippen LogP contribution >= 0.6 is 0 Å². The molecule has 0 bridgehead atoms. The second-order valence-corrected chi connectivity index (χ2v) is 5.46. The van der Waals surface area contributed by atoms with Crippen molar-refractivity contribution in [1.29, 1.82) is 0 Å². The number of hydrogen-bond acceptors (Lipinski definition) is 2. The van der Waals surface area contributed by atoms with Gasteiger partial charge < -0.3 is 5.32 Å². The van der Waals surface area contributed by atoms with Crippen LogP contribution in [0, 0.1) is 0 Å². The van der Waals surface area contributed by atoms with E-state index < -0.39 is 0 Å². The van der Waals surface area contributed by atoms with E-state index in [1.807, 2.05) is 0 Å². The Balaban J connectivity index is 1.77. The number of benzene rings is 1. The van der Waals surface area contributed by atoms with Gasteiger partial charge in [0.15, 0.2) is 0 Å². The van der Waals surface area contributed by atoms with Crippen LogP contribution in [0.5, 0.6) is 0 Å². The van der Waals surface area contributed by atoms with E-state index in [0.29, 0.717) is 6.04 Å². The van der Waals surface area contributed by atoms with Crippen molar-refractivity contribution >= 4 is 0 Å².